The Labute approximate surface area is 140 Å². The number of nitrogens with zero attached hydrogens (tertiary/aromatic N) is 3. The van der Waals surface area contributed by atoms with Gasteiger partial charge in [-0.3, -0.25) is 9.36 Å². The molecule has 2 aliphatic heterocycles. The second-order valence-electron chi connectivity index (χ2n) is 6.21. The number of hydrogen-bond acceptors (Lipinski definition) is 4. The molecule has 4 rings (SSSR count). The molecule has 0 bridgehead atoms. The van der Waals surface area contributed by atoms with Gasteiger partial charge in [-0.1, -0.05) is 42.1 Å². The minimum atomic E-state index is 0.160. The van der Waals surface area contributed by atoms with Gasteiger partial charge in [0.2, 0.25) is 0 Å². The highest BCUT2D eigenvalue weighted by atomic mass is 32.2. The number of anilines is 1. The fraction of sp³-hybridized carbons (Fsp3) is 0.444. The van der Waals surface area contributed by atoms with Crippen molar-refractivity contribution in [2.75, 3.05) is 23.7 Å². The summed E-state index contributed by atoms with van der Waals surface area (Å²) in [5, 5.41) is 0.903. The minimum Gasteiger partial charge on any atom is -0.356 e. The van der Waals surface area contributed by atoms with Crippen LogP contribution < -0.4 is 10.5 Å². The first-order valence-electron chi connectivity index (χ1n) is 8.38. The maximum absolute atomic E-state index is 13.1. The molecule has 3 heterocycles. The lowest BCUT2D eigenvalue weighted by Crippen LogP contribution is -2.33. The summed E-state index contributed by atoms with van der Waals surface area (Å²) < 4.78 is 1.88. The lowest BCUT2D eigenvalue weighted by molar-refractivity contribution is 0.555. The summed E-state index contributed by atoms with van der Waals surface area (Å²) in [4.78, 5) is 20.3. The highest BCUT2D eigenvalue weighted by molar-refractivity contribution is 7.99. The molecule has 0 amide bonds. The van der Waals surface area contributed by atoms with Crippen molar-refractivity contribution in [2.24, 2.45) is 0 Å². The fourth-order valence-corrected chi connectivity index (χ4v) is 4.34. The van der Waals surface area contributed by atoms with Crippen molar-refractivity contribution >= 4 is 17.6 Å². The van der Waals surface area contributed by atoms with Gasteiger partial charge >= 0.3 is 0 Å². The summed E-state index contributed by atoms with van der Waals surface area (Å²) in [5.41, 5.74) is 2.20. The molecule has 5 heteroatoms. The molecule has 120 valence electrons. The molecule has 0 radical (unpaired) electrons. The summed E-state index contributed by atoms with van der Waals surface area (Å²) in [6.07, 6.45) is 4.10. The zero-order valence-corrected chi connectivity index (χ0v) is 14.0. The third-order valence-corrected chi connectivity index (χ3v) is 5.65. The van der Waals surface area contributed by atoms with Crippen LogP contribution in [-0.2, 0) is 13.0 Å². The van der Waals surface area contributed by atoms with Crippen molar-refractivity contribution in [3.8, 4) is 0 Å². The lowest BCUT2D eigenvalue weighted by atomic mass is 10.1. The molecule has 4 nitrogen and oxygen atoms in total. The Morgan fingerprint density at radius 3 is 2.61 bits per heavy atom. The monoisotopic (exact) mass is 327 g/mol. The Morgan fingerprint density at radius 2 is 1.83 bits per heavy atom. The fourth-order valence-electron chi connectivity index (χ4n) is 3.40. The summed E-state index contributed by atoms with van der Waals surface area (Å²) in [5.74, 6) is 1.99. The Bertz CT molecular complexity index is 751. The van der Waals surface area contributed by atoms with E-state index in [1.54, 1.807) is 11.8 Å². The molecule has 0 N–H and O–H groups in total. The standard InChI is InChI=1S/C18H21N3OS/c22-17-15(13-14-7-2-1-3-8-14)16(20-9-4-5-10-20)19-18-21(17)11-6-12-23-18/h1-3,7-8H,4-6,9-13H2. The van der Waals surface area contributed by atoms with E-state index in [-0.39, 0.29) is 5.56 Å². The predicted molar refractivity (Wildman–Crippen MR) is 94.5 cm³/mol. The second-order valence-corrected chi connectivity index (χ2v) is 7.27. The summed E-state index contributed by atoms with van der Waals surface area (Å²) >= 11 is 1.72. The van der Waals surface area contributed by atoms with Crippen LogP contribution in [0.25, 0.3) is 0 Å². The van der Waals surface area contributed by atoms with E-state index in [4.69, 9.17) is 4.98 Å². The second kappa shape index (κ2) is 6.40. The first-order chi connectivity index (χ1) is 11.3. The zero-order chi connectivity index (χ0) is 15.6. The quantitative estimate of drug-likeness (QED) is 0.813. The molecular formula is C18H21N3OS. The summed E-state index contributed by atoms with van der Waals surface area (Å²) in [7, 11) is 0. The van der Waals surface area contributed by atoms with Gasteiger partial charge in [0, 0.05) is 31.8 Å². The SMILES string of the molecule is O=c1c(Cc2ccccc2)c(N2CCCC2)nc2n1CCCS2. The predicted octanol–water partition coefficient (Wildman–Crippen LogP) is 2.93. The van der Waals surface area contributed by atoms with Crippen LogP contribution in [0.15, 0.2) is 40.3 Å². The van der Waals surface area contributed by atoms with Crippen molar-refractivity contribution in [1.29, 1.82) is 0 Å². The average molecular weight is 327 g/mol. The zero-order valence-electron chi connectivity index (χ0n) is 13.2. The molecule has 1 fully saturated rings. The number of benzene rings is 1. The van der Waals surface area contributed by atoms with E-state index < -0.39 is 0 Å². The Kier molecular flexibility index (Phi) is 4.12. The topological polar surface area (TPSA) is 38.1 Å². The van der Waals surface area contributed by atoms with E-state index in [0.717, 1.165) is 48.3 Å². The molecule has 0 unspecified atom stereocenters. The van der Waals surface area contributed by atoms with E-state index >= 15 is 0 Å². The van der Waals surface area contributed by atoms with Gasteiger partial charge in [-0.15, -0.1) is 0 Å². The number of thioether (sulfide) groups is 1. The van der Waals surface area contributed by atoms with Crippen LogP contribution in [0.2, 0.25) is 0 Å². The molecule has 1 aromatic heterocycles. The molecule has 0 saturated carbocycles. The van der Waals surface area contributed by atoms with Gasteiger partial charge in [0.1, 0.15) is 5.82 Å². The smallest absolute Gasteiger partial charge is 0.259 e. The summed E-state index contributed by atoms with van der Waals surface area (Å²) in [6, 6.07) is 10.3. The van der Waals surface area contributed by atoms with Crippen LogP contribution in [0.4, 0.5) is 5.82 Å². The van der Waals surface area contributed by atoms with Gasteiger partial charge in [0.15, 0.2) is 5.16 Å². The van der Waals surface area contributed by atoms with Gasteiger partial charge < -0.3 is 4.90 Å². The molecule has 0 spiro atoms. The van der Waals surface area contributed by atoms with Crippen LogP contribution in [0.1, 0.15) is 30.4 Å². The molecule has 23 heavy (non-hydrogen) atoms. The largest absolute Gasteiger partial charge is 0.356 e. The number of rotatable bonds is 3. The van der Waals surface area contributed by atoms with E-state index in [0.29, 0.717) is 6.42 Å². The van der Waals surface area contributed by atoms with E-state index in [1.165, 1.54) is 18.4 Å². The number of aromatic nitrogens is 2. The highest BCUT2D eigenvalue weighted by Gasteiger charge is 2.24. The Morgan fingerprint density at radius 1 is 1.04 bits per heavy atom. The van der Waals surface area contributed by atoms with E-state index in [2.05, 4.69) is 17.0 Å². The molecular weight excluding hydrogens is 306 g/mol. The maximum atomic E-state index is 13.1. The minimum absolute atomic E-state index is 0.160. The third kappa shape index (κ3) is 2.90. The first-order valence-corrected chi connectivity index (χ1v) is 9.37. The first kappa shape index (κ1) is 14.8. The molecule has 2 aromatic rings. The lowest BCUT2D eigenvalue weighted by Gasteiger charge is -2.24. The van der Waals surface area contributed by atoms with E-state index in [1.807, 2.05) is 22.8 Å². The van der Waals surface area contributed by atoms with Crippen molar-refractivity contribution < 1.29 is 0 Å². The van der Waals surface area contributed by atoms with Crippen molar-refractivity contribution in [1.82, 2.24) is 9.55 Å². The average Bonchev–Trinajstić information content (AvgIpc) is 3.13. The number of hydrogen-bond donors (Lipinski definition) is 0. The van der Waals surface area contributed by atoms with E-state index in [9.17, 15) is 4.79 Å². The molecule has 1 saturated heterocycles. The van der Waals surface area contributed by atoms with Gasteiger partial charge in [0.05, 0.1) is 5.56 Å². The maximum Gasteiger partial charge on any atom is 0.259 e. The number of fused-ring (bicyclic) bond motifs is 1. The normalized spacial score (nSPS) is 17.3. The van der Waals surface area contributed by atoms with Crippen molar-refractivity contribution in [2.45, 2.75) is 37.4 Å². The highest BCUT2D eigenvalue weighted by Crippen LogP contribution is 2.28. The van der Waals surface area contributed by atoms with Crippen LogP contribution >= 0.6 is 11.8 Å². The molecule has 0 atom stereocenters. The van der Waals surface area contributed by atoms with Gasteiger partial charge in [0.25, 0.3) is 5.56 Å². The van der Waals surface area contributed by atoms with Crippen LogP contribution in [0.3, 0.4) is 0 Å². The van der Waals surface area contributed by atoms with Crippen LogP contribution in [-0.4, -0.2) is 28.4 Å². The van der Waals surface area contributed by atoms with Crippen molar-refractivity contribution in [3.05, 3.63) is 51.8 Å². The Hall–Kier alpha value is -1.75. The molecule has 1 aromatic carbocycles. The Balaban J connectivity index is 1.82. The van der Waals surface area contributed by atoms with Crippen LogP contribution in [0.5, 0.6) is 0 Å². The van der Waals surface area contributed by atoms with Gasteiger partial charge in [-0.05, 0) is 24.8 Å². The van der Waals surface area contributed by atoms with Gasteiger partial charge in [-0.2, -0.15) is 0 Å². The van der Waals surface area contributed by atoms with Crippen LogP contribution in [0, 0.1) is 0 Å². The van der Waals surface area contributed by atoms with Crippen molar-refractivity contribution in [3.63, 3.8) is 0 Å². The third-order valence-electron chi connectivity index (χ3n) is 4.59. The summed E-state index contributed by atoms with van der Waals surface area (Å²) in [6.45, 7) is 2.83. The molecule has 0 aliphatic carbocycles. The molecule has 2 aliphatic rings. The van der Waals surface area contributed by atoms with Gasteiger partial charge in [-0.25, -0.2) is 4.98 Å².